The van der Waals surface area contributed by atoms with E-state index in [0.29, 0.717) is 11.2 Å². The summed E-state index contributed by atoms with van der Waals surface area (Å²) in [5.41, 5.74) is 1.79. The zero-order chi connectivity index (χ0) is 10.3. The first-order chi connectivity index (χ1) is 7.33. The topological polar surface area (TPSA) is 38.9 Å². The molecule has 0 atom stereocenters. The first-order valence-corrected chi connectivity index (χ1v) is 5.29. The maximum atomic E-state index is 5.87. The van der Waals surface area contributed by atoms with E-state index in [1.165, 1.54) is 12.8 Å². The van der Waals surface area contributed by atoms with Crippen molar-refractivity contribution in [3.8, 4) is 11.5 Å². The lowest BCUT2D eigenvalue weighted by Crippen LogP contribution is -1.92. The molecule has 0 spiro atoms. The number of nitrogens with zero attached hydrogens (tertiary/aromatic N) is 2. The van der Waals surface area contributed by atoms with Gasteiger partial charge in [0.05, 0.1) is 6.26 Å². The van der Waals surface area contributed by atoms with Gasteiger partial charge in [0, 0.05) is 11.6 Å². The standard InChI is InChI=1S/C11H9ClN2O/c12-11-13-8(7-3-4-7)6-9(14-11)10-2-1-5-15-10/h1-2,5-7H,3-4H2. The van der Waals surface area contributed by atoms with E-state index in [-0.39, 0.29) is 0 Å². The van der Waals surface area contributed by atoms with E-state index < -0.39 is 0 Å². The average Bonchev–Trinajstić information content (AvgIpc) is 2.93. The van der Waals surface area contributed by atoms with E-state index >= 15 is 0 Å². The van der Waals surface area contributed by atoms with Gasteiger partial charge >= 0.3 is 0 Å². The lowest BCUT2D eigenvalue weighted by atomic mass is 10.2. The van der Waals surface area contributed by atoms with Gasteiger partial charge < -0.3 is 4.42 Å². The monoisotopic (exact) mass is 220 g/mol. The fraction of sp³-hybridized carbons (Fsp3) is 0.273. The Morgan fingerprint density at radius 3 is 2.87 bits per heavy atom. The predicted octanol–water partition coefficient (Wildman–Crippen LogP) is 3.27. The summed E-state index contributed by atoms with van der Waals surface area (Å²) in [5.74, 6) is 1.31. The van der Waals surface area contributed by atoms with Gasteiger partial charge in [0.2, 0.25) is 5.28 Å². The summed E-state index contributed by atoms with van der Waals surface area (Å²) < 4.78 is 5.28. The number of rotatable bonds is 2. The second-order valence-corrected chi connectivity index (χ2v) is 4.04. The number of halogens is 1. The van der Waals surface area contributed by atoms with E-state index in [9.17, 15) is 0 Å². The van der Waals surface area contributed by atoms with Crippen LogP contribution in [0, 0.1) is 0 Å². The first kappa shape index (κ1) is 8.92. The van der Waals surface area contributed by atoms with Crippen molar-refractivity contribution in [3.63, 3.8) is 0 Å². The Balaban J connectivity index is 2.07. The number of furan rings is 1. The molecule has 3 rings (SSSR count). The highest BCUT2D eigenvalue weighted by Crippen LogP contribution is 2.40. The quantitative estimate of drug-likeness (QED) is 0.730. The van der Waals surface area contributed by atoms with E-state index in [1.54, 1.807) is 6.26 Å². The van der Waals surface area contributed by atoms with Crippen LogP contribution in [0.25, 0.3) is 11.5 Å². The second kappa shape index (κ2) is 3.35. The van der Waals surface area contributed by atoms with Gasteiger partial charge in [-0.05, 0) is 42.6 Å². The molecular weight excluding hydrogens is 212 g/mol. The Morgan fingerprint density at radius 2 is 2.20 bits per heavy atom. The van der Waals surface area contributed by atoms with E-state index in [2.05, 4.69) is 9.97 Å². The summed E-state index contributed by atoms with van der Waals surface area (Å²) in [6.45, 7) is 0. The van der Waals surface area contributed by atoms with Gasteiger partial charge in [0.25, 0.3) is 0 Å². The Morgan fingerprint density at radius 1 is 1.33 bits per heavy atom. The SMILES string of the molecule is Clc1nc(-c2ccco2)cc(C2CC2)n1. The largest absolute Gasteiger partial charge is 0.463 e. The van der Waals surface area contributed by atoms with Crippen molar-refractivity contribution in [1.82, 2.24) is 9.97 Å². The molecule has 2 aromatic rings. The third-order valence-corrected chi connectivity index (χ3v) is 2.66. The molecule has 4 heteroatoms. The van der Waals surface area contributed by atoms with Crippen LogP contribution in [-0.2, 0) is 0 Å². The molecule has 76 valence electrons. The Bertz CT molecular complexity index is 477. The zero-order valence-corrected chi connectivity index (χ0v) is 8.74. The van der Waals surface area contributed by atoms with E-state index in [0.717, 1.165) is 17.1 Å². The molecule has 0 aliphatic heterocycles. The van der Waals surface area contributed by atoms with Gasteiger partial charge in [0.1, 0.15) is 5.69 Å². The molecule has 2 aromatic heterocycles. The third-order valence-electron chi connectivity index (χ3n) is 2.49. The summed E-state index contributed by atoms with van der Waals surface area (Å²) in [6.07, 6.45) is 4.03. The molecule has 0 saturated heterocycles. The number of hydrogen-bond acceptors (Lipinski definition) is 3. The molecule has 0 aromatic carbocycles. The van der Waals surface area contributed by atoms with Crippen LogP contribution < -0.4 is 0 Å². The molecule has 0 amide bonds. The molecule has 0 N–H and O–H groups in total. The third kappa shape index (κ3) is 1.75. The fourth-order valence-electron chi connectivity index (χ4n) is 1.57. The lowest BCUT2D eigenvalue weighted by molar-refractivity contribution is 0.579. The fourth-order valence-corrected chi connectivity index (χ4v) is 1.76. The Kier molecular flexibility index (Phi) is 1.99. The van der Waals surface area contributed by atoms with Crippen LogP contribution in [0.4, 0.5) is 0 Å². The highest BCUT2D eigenvalue weighted by Gasteiger charge is 2.26. The van der Waals surface area contributed by atoms with Crippen molar-refractivity contribution >= 4 is 11.6 Å². The van der Waals surface area contributed by atoms with Crippen LogP contribution >= 0.6 is 11.6 Å². The van der Waals surface area contributed by atoms with Crippen molar-refractivity contribution in [1.29, 1.82) is 0 Å². The van der Waals surface area contributed by atoms with E-state index in [4.69, 9.17) is 16.0 Å². The first-order valence-electron chi connectivity index (χ1n) is 4.91. The molecule has 1 saturated carbocycles. The van der Waals surface area contributed by atoms with Gasteiger partial charge in [0.15, 0.2) is 5.76 Å². The van der Waals surface area contributed by atoms with Crippen LogP contribution in [0.2, 0.25) is 5.28 Å². The van der Waals surface area contributed by atoms with Gasteiger partial charge in [-0.1, -0.05) is 0 Å². The summed E-state index contributed by atoms with van der Waals surface area (Å²) in [7, 11) is 0. The highest BCUT2D eigenvalue weighted by atomic mass is 35.5. The van der Waals surface area contributed by atoms with Gasteiger partial charge in [-0.3, -0.25) is 0 Å². The van der Waals surface area contributed by atoms with Gasteiger partial charge in [-0.15, -0.1) is 0 Å². The lowest BCUT2D eigenvalue weighted by Gasteiger charge is -2.01. The summed E-state index contributed by atoms with van der Waals surface area (Å²) >= 11 is 5.87. The molecule has 0 radical (unpaired) electrons. The van der Waals surface area contributed by atoms with Crippen molar-refractivity contribution < 1.29 is 4.42 Å². The van der Waals surface area contributed by atoms with Crippen LogP contribution in [0.3, 0.4) is 0 Å². The van der Waals surface area contributed by atoms with E-state index in [1.807, 2.05) is 18.2 Å². The molecule has 2 heterocycles. The molecule has 1 aliphatic carbocycles. The molecule has 1 fully saturated rings. The molecule has 0 bridgehead atoms. The minimum atomic E-state index is 0.297. The summed E-state index contributed by atoms with van der Waals surface area (Å²) in [5, 5.41) is 0.297. The highest BCUT2D eigenvalue weighted by molar-refractivity contribution is 6.28. The molecular formula is C11H9ClN2O. The normalized spacial score (nSPS) is 15.5. The average molecular weight is 221 g/mol. The van der Waals surface area contributed by atoms with Crippen molar-refractivity contribution in [3.05, 3.63) is 35.4 Å². The smallest absolute Gasteiger partial charge is 0.223 e. The minimum Gasteiger partial charge on any atom is -0.463 e. The van der Waals surface area contributed by atoms with Gasteiger partial charge in [-0.25, -0.2) is 9.97 Å². The molecule has 15 heavy (non-hydrogen) atoms. The van der Waals surface area contributed by atoms with Crippen molar-refractivity contribution in [2.75, 3.05) is 0 Å². The zero-order valence-electron chi connectivity index (χ0n) is 7.98. The van der Waals surface area contributed by atoms with Crippen LogP contribution in [0.5, 0.6) is 0 Å². The summed E-state index contributed by atoms with van der Waals surface area (Å²) in [4.78, 5) is 8.37. The molecule has 1 aliphatic rings. The number of aromatic nitrogens is 2. The predicted molar refractivity (Wildman–Crippen MR) is 56.7 cm³/mol. The molecule has 3 nitrogen and oxygen atoms in total. The maximum absolute atomic E-state index is 5.87. The number of hydrogen-bond donors (Lipinski definition) is 0. The van der Waals surface area contributed by atoms with Crippen LogP contribution in [-0.4, -0.2) is 9.97 Å². The molecule has 0 unspecified atom stereocenters. The maximum Gasteiger partial charge on any atom is 0.223 e. The van der Waals surface area contributed by atoms with Gasteiger partial charge in [-0.2, -0.15) is 0 Å². The van der Waals surface area contributed by atoms with Crippen LogP contribution in [0.1, 0.15) is 24.5 Å². The minimum absolute atomic E-state index is 0.297. The Hall–Kier alpha value is -1.35. The van der Waals surface area contributed by atoms with Crippen molar-refractivity contribution in [2.45, 2.75) is 18.8 Å². The second-order valence-electron chi connectivity index (χ2n) is 3.70. The van der Waals surface area contributed by atoms with Crippen LogP contribution in [0.15, 0.2) is 28.9 Å². The Labute approximate surface area is 92.1 Å². The summed E-state index contributed by atoms with van der Waals surface area (Å²) in [6, 6.07) is 5.67. The van der Waals surface area contributed by atoms with Crippen molar-refractivity contribution in [2.24, 2.45) is 0 Å².